The van der Waals surface area contributed by atoms with Gasteiger partial charge in [0.1, 0.15) is 18.0 Å². The molecule has 1 amide bonds. The Balaban J connectivity index is 1.55. The van der Waals surface area contributed by atoms with Crippen LogP contribution in [0.1, 0.15) is 19.3 Å². The van der Waals surface area contributed by atoms with Gasteiger partial charge in [0, 0.05) is 6.54 Å². The molecule has 31 heavy (non-hydrogen) atoms. The number of anilines is 1. The Hall–Kier alpha value is -2.58. The van der Waals surface area contributed by atoms with E-state index in [0.29, 0.717) is 29.6 Å². The van der Waals surface area contributed by atoms with Crippen molar-refractivity contribution in [1.82, 2.24) is 10.2 Å². The van der Waals surface area contributed by atoms with Crippen LogP contribution in [0.4, 0.5) is 5.69 Å². The van der Waals surface area contributed by atoms with Gasteiger partial charge in [0.2, 0.25) is 15.9 Å². The topological polar surface area (TPSA) is 79.0 Å². The Morgan fingerprint density at radius 3 is 2.29 bits per heavy atom. The maximum Gasteiger partial charge on any atom is 0.240 e. The van der Waals surface area contributed by atoms with Crippen LogP contribution in [0.25, 0.3) is 0 Å². The number of benzene rings is 2. The minimum atomic E-state index is -3.61. The molecule has 1 N–H and O–H groups in total. The van der Waals surface area contributed by atoms with E-state index in [2.05, 4.69) is 17.3 Å². The van der Waals surface area contributed by atoms with Crippen LogP contribution in [0.3, 0.4) is 0 Å². The predicted octanol–water partition coefficient (Wildman–Crippen LogP) is 3.09. The van der Waals surface area contributed by atoms with Crippen LogP contribution in [-0.4, -0.2) is 58.7 Å². The van der Waals surface area contributed by atoms with Gasteiger partial charge in [-0.3, -0.25) is 9.10 Å². The van der Waals surface area contributed by atoms with Gasteiger partial charge in [-0.15, -0.1) is 0 Å². The molecule has 0 saturated carbocycles. The van der Waals surface area contributed by atoms with Gasteiger partial charge >= 0.3 is 0 Å². The maximum absolute atomic E-state index is 12.4. The standard InChI is InChI=1S/C23H31N3O4S/c1-25-16-13-19(14-17-25)12-15-24-23(27)18-26(31(2,28)29)20-8-10-22(11-9-20)30-21-6-4-3-5-7-21/h3-11,19H,12-18H2,1-2H3,(H,24,27). The quantitative estimate of drug-likeness (QED) is 0.642. The van der Waals surface area contributed by atoms with Gasteiger partial charge in [-0.25, -0.2) is 8.42 Å². The molecule has 2 aromatic rings. The summed E-state index contributed by atoms with van der Waals surface area (Å²) in [4.78, 5) is 14.7. The Labute approximate surface area is 185 Å². The Morgan fingerprint density at radius 2 is 1.68 bits per heavy atom. The molecule has 7 nitrogen and oxygen atoms in total. The molecule has 168 valence electrons. The fourth-order valence-corrected chi connectivity index (χ4v) is 4.51. The van der Waals surface area contributed by atoms with Crippen LogP contribution in [0.15, 0.2) is 54.6 Å². The SMILES string of the molecule is CN1CCC(CCNC(=O)CN(c2ccc(Oc3ccccc3)cc2)S(C)(=O)=O)CC1. The van der Waals surface area contributed by atoms with Gasteiger partial charge in [0.05, 0.1) is 11.9 Å². The van der Waals surface area contributed by atoms with E-state index in [1.165, 1.54) is 0 Å². The van der Waals surface area contributed by atoms with Crippen molar-refractivity contribution < 1.29 is 17.9 Å². The number of likely N-dealkylation sites (tertiary alicyclic amines) is 1. The van der Waals surface area contributed by atoms with E-state index in [9.17, 15) is 13.2 Å². The van der Waals surface area contributed by atoms with Crippen LogP contribution < -0.4 is 14.4 Å². The first-order valence-corrected chi connectivity index (χ1v) is 12.4. The molecular weight excluding hydrogens is 414 g/mol. The minimum Gasteiger partial charge on any atom is -0.457 e. The number of hydrogen-bond acceptors (Lipinski definition) is 5. The number of sulfonamides is 1. The molecule has 3 rings (SSSR count). The molecule has 0 spiro atoms. The molecule has 0 aromatic heterocycles. The summed E-state index contributed by atoms with van der Waals surface area (Å²) in [7, 11) is -1.49. The number of hydrogen-bond donors (Lipinski definition) is 1. The number of nitrogens with zero attached hydrogens (tertiary/aromatic N) is 2. The second kappa shape index (κ2) is 10.6. The van der Waals surface area contributed by atoms with Crippen LogP contribution >= 0.6 is 0 Å². The van der Waals surface area contributed by atoms with Gasteiger partial charge in [0.25, 0.3) is 0 Å². The largest absolute Gasteiger partial charge is 0.457 e. The van der Waals surface area contributed by atoms with Crippen molar-refractivity contribution in [2.24, 2.45) is 5.92 Å². The fraction of sp³-hybridized carbons (Fsp3) is 0.435. The van der Waals surface area contributed by atoms with E-state index >= 15 is 0 Å². The summed E-state index contributed by atoms with van der Waals surface area (Å²) in [6, 6.07) is 16.0. The molecule has 1 aliphatic heterocycles. The number of nitrogens with one attached hydrogen (secondary N) is 1. The molecule has 1 fully saturated rings. The molecule has 1 aliphatic rings. The lowest BCUT2D eigenvalue weighted by Gasteiger charge is -2.29. The normalized spacial score (nSPS) is 15.4. The predicted molar refractivity (Wildman–Crippen MR) is 123 cm³/mol. The van der Waals surface area contributed by atoms with Crippen LogP contribution in [-0.2, 0) is 14.8 Å². The number of amides is 1. The lowest BCUT2D eigenvalue weighted by Crippen LogP contribution is -2.41. The van der Waals surface area contributed by atoms with Gasteiger partial charge < -0.3 is 15.0 Å². The molecular formula is C23H31N3O4S. The maximum atomic E-state index is 12.4. The van der Waals surface area contributed by atoms with E-state index in [4.69, 9.17) is 4.74 Å². The van der Waals surface area contributed by atoms with Crippen molar-refractivity contribution >= 4 is 21.6 Å². The molecule has 0 aliphatic carbocycles. The minimum absolute atomic E-state index is 0.245. The zero-order valence-electron chi connectivity index (χ0n) is 18.2. The fourth-order valence-electron chi connectivity index (χ4n) is 3.66. The zero-order chi connectivity index (χ0) is 22.3. The molecule has 0 atom stereocenters. The third-order valence-corrected chi connectivity index (χ3v) is 6.64. The number of rotatable bonds is 9. The Morgan fingerprint density at radius 1 is 1.06 bits per heavy atom. The van der Waals surface area contributed by atoms with E-state index in [1.54, 1.807) is 24.3 Å². The molecule has 1 saturated heterocycles. The van der Waals surface area contributed by atoms with E-state index < -0.39 is 10.0 Å². The number of piperidine rings is 1. The van der Waals surface area contributed by atoms with Crippen LogP contribution in [0.2, 0.25) is 0 Å². The summed E-state index contributed by atoms with van der Waals surface area (Å²) in [6.45, 7) is 2.49. The third kappa shape index (κ3) is 7.25. The summed E-state index contributed by atoms with van der Waals surface area (Å²) < 4.78 is 31.5. The Bertz CT molecular complexity index is 941. The molecule has 0 bridgehead atoms. The highest BCUT2D eigenvalue weighted by molar-refractivity contribution is 7.92. The van der Waals surface area contributed by atoms with Crippen molar-refractivity contribution in [3.8, 4) is 11.5 Å². The van der Waals surface area contributed by atoms with Gasteiger partial charge in [0.15, 0.2) is 0 Å². The van der Waals surface area contributed by atoms with Crippen molar-refractivity contribution in [1.29, 1.82) is 0 Å². The zero-order valence-corrected chi connectivity index (χ0v) is 19.0. The number of carbonyl (C=O) groups is 1. The summed E-state index contributed by atoms with van der Waals surface area (Å²) in [5, 5.41) is 2.87. The summed E-state index contributed by atoms with van der Waals surface area (Å²) in [6.07, 6.45) is 4.30. The van der Waals surface area contributed by atoms with Crippen molar-refractivity contribution in [2.45, 2.75) is 19.3 Å². The third-order valence-electron chi connectivity index (χ3n) is 5.50. The molecule has 0 unspecified atom stereocenters. The lowest BCUT2D eigenvalue weighted by atomic mass is 9.94. The monoisotopic (exact) mass is 445 g/mol. The lowest BCUT2D eigenvalue weighted by molar-refractivity contribution is -0.119. The summed E-state index contributed by atoms with van der Waals surface area (Å²) >= 11 is 0. The molecule has 2 aromatic carbocycles. The first kappa shape index (κ1) is 23.1. The highest BCUT2D eigenvalue weighted by Gasteiger charge is 2.21. The second-order valence-corrected chi connectivity index (χ2v) is 9.97. The summed E-state index contributed by atoms with van der Waals surface area (Å²) in [5.41, 5.74) is 0.424. The van der Waals surface area contributed by atoms with Gasteiger partial charge in [-0.1, -0.05) is 18.2 Å². The highest BCUT2D eigenvalue weighted by Crippen LogP contribution is 2.25. The first-order chi connectivity index (χ1) is 14.8. The van der Waals surface area contributed by atoms with Gasteiger partial charge in [-0.2, -0.15) is 0 Å². The van der Waals surface area contributed by atoms with Crippen LogP contribution in [0, 0.1) is 5.92 Å². The summed E-state index contributed by atoms with van der Waals surface area (Å²) in [5.74, 6) is 1.59. The van der Waals surface area contributed by atoms with Crippen molar-refractivity contribution in [3.63, 3.8) is 0 Å². The van der Waals surface area contributed by atoms with E-state index in [1.807, 2.05) is 30.3 Å². The average molecular weight is 446 g/mol. The Kier molecular flexibility index (Phi) is 7.92. The van der Waals surface area contributed by atoms with Crippen molar-refractivity contribution in [2.75, 3.05) is 43.8 Å². The number of carbonyl (C=O) groups excluding carboxylic acids is 1. The smallest absolute Gasteiger partial charge is 0.240 e. The highest BCUT2D eigenvalue weighted by atomic mass is 32.2. The van der Waals surface area contributed by atoms with Crippen LogP contribution in [0.5, 0.6) is 11.5 Å². The first-order valence-electron chi connectivity index (χ1n) is 10.6. The van der Waals surface area contributed by atoms with Gasteiger partial charge in [-0.05, 0) is 81.7 Å². The number of ether oxygens (including phenoxy) is 1. The number of para-hydroxylation sites is 1. The van der Waals surface area contributed by atoms with E-state index in [-0.39, 0.29) is 12.5 Å². The van der Waals surface area contributed by atoms with Crippen molar-refractivity contribution in [3.05, 3.63) is 54.6 Å². The second-order valence-electron chi connectivity index (χ2n) is 8.06. The molecule has 1 heterocycles. The molecule has 0 radical (unpaired) electrons. The van der Waals surface area contributed by atoms with E-state index in [0.717, 1.165) is 42.9 Å². The average Bonchev–Trinajstić information content (AvgIpc) is 2.74. The molecule has 8 heteroatoms.